The van der Waals surface area contributed by atoms with Crippen LogP contribution in [0.1, 0.15) is 36.1 Å². The number of para-hydroxylation sites is 1. The highest BCUT2D eigenvalue weighted by Gasteiger charge is 2.47. The van der Waals surface area contributed by atoms with E-state index in [1.54, 1.807) is 0 Å². The van der Waals surface area contributed by atoms with E-state index in [0.29, 0.717) is 5.56 Å². The van der Waals surface area contributed by atoms with E-state index in [2.05, 4.69) is 73.3 Å². The summed E-state index contributed by atoms with van der Waals surface area (Å²) in [6, 6.07) is 18.8. The molecule has 0 N–H and O–H groups in total. The maximum absolute atomic E-state index is 13.6. The predicted octanol–water partition coefficient (Wildman–Crippen LogP) is 8.38. The Morgan fingerprint density at radius 3 is 2.22 bits per heavy atom. The second-order valence-corrected chi connectivity index (χ2v) is 11.3. The molecule has 0 radical (unpaired) electrons. The molecular weight excluding hydrogens is 469 g/mol. The molecule has 0 fully saturated rings. The van der Waals surface area contributed by atoms with Gasteiger partial charge in [0.2, 0.25) is 5.69 Å². The number of halogens is 3. The zero-order chi connectivity index (χ0) is 26.4. The average Bonchev–Trinajstić information content (AvgIpc) is 3.31. The van der Waals surface area contributed by atoms with E-state index in [-0.39, 0.29) is 6.42 Å². The van der Waals surface area contributed by atoms with Crippen molar-refractivity contribution in [3.8, 4) is 11.3 Å². The lowest BCUT2D eigenvalue weighted by molar-refractivity contribution is -0.659. The molecule has 0 aliphatic carbocycles. The maximum Gasteiger partial charge on any atom is 0.394 e. The first-order valence-corrected chi connectivity index (χ1v) is 12.6. The highest BCUT2D eigenvalue weighted by atomic mass is 19.4. The second-order valence-electron chi connectivity index (χ2n) is 11.3. The SMILES string of the molecule is Cc1cc(C)c(C)c(-c2cc3c(c[n+]2C)c2cccc4c5cc(CC(C)(C)C(F)(F)F)ccc5n3c42)c1. The highest BCUT2D eigenvalue weighted by Crippen LogP contribution is 2.43. The standard InChI is InChI=1S/C32H30F3N2/c1-18-12-19(2)20(3)24(13-18)28-15-29-26(17-36(28)6)23-9-7-8-22-25-14-21(16-31(4,5)32(33,34)35)10-11-27(25)37(29)30(22)23/h7-15,17H,16H2,1-6H3/q+1. The largest absolute Gasteiger partial charge is 0.394 e. The summed E-state index contributed by atoms with van der Waals surface area (Å²) in [7, 11) is 2.09. The third-order valence-corrected chi connectivity index (χ3v) is 8.14. The summed E-state index contributed by atoms with van der Waals surface area (Å²) in [5, 5.41) is 4.38. The predicted molar refractivity (Wildman–Crippen MR) is 145 cm³/mol. The molecule has 0 atom stereocenters. The first-order chi connectivity index (χ1) is 17.4. The number of benzene rings is 3. The summed E-state index contributed by atoms with van der Waals surface area (Å²) < 4.78 is 45.3. The van der Waals surface area contributed by atoms with Crippen LogP contribution in [0.3, 0.4) is 0 Å². The number of hydrogen-bond donors (Lipinski definition) is 0. The molecule has 188 valence electrons. The van der Waals surface area contributed by atoms with Gasteiger partial charge in [-0.1, -0.05) is 49.7 Å². The highest BCUT2D eigenvalue weighted by molar-refractivity contribution is 6.23. The van der Waals surface area contributed by atoms with Gasteiger partial charge in [0.25, 0.3) is 0 Å². The molecular formula is C32H30F3N2+. The van der Waals surface area contributed by atoms with Crippen LogP contribution >= 0.6 is 0 Å². The van der Waals surface area contributed by atoms with Gasteiger partial charge in [0.1, 0.15) is 7.05 Å². The Bertz CT molecular complexity index is 1850. The summed E-state index contributed by atoms with van der Waals surface area (Å²) in [6.45, 7) is 8.98. The van der Waals surface area contributed by atoms with Crippen LogP contribution in [0.4, 0.5) is 13.2 Å². The topological polar surface area (TPSA) is 8.29 Å². The van der Waals surface area contributed by atoms with Crippen LogP contribution < -0.4 is 4.57 Å². The fraction of sp³-hybridized carbons (Fsp3) is 0.281. The van der Waals surface area contributed by atoms with Crippen molar-refractivity contribution in [3.05, 3.63) is 83.0 Å². The number of pyridine rings is 1. The van der Waals surface area contributed by atoms with E-state index in [1.165, 1.54) is 36.1 Å². The van der Waals surface area contributed by atoms with E-state index < -0.39 is 11.6 Å². The lowest BCUT2D eigenvalue weighted by atomic mass is 9.85. The monoisotopic (exact) mass is 499 g/mol. The van der Waals surface area contributed by atoms with Gasteiger partial charge in [0, 0.05) is 27.8 Å². The third kappa shape index (κ3) is 3.43. The van der Waals surface area contributed by atoms with E-state index in [9.17, 15) is 13.2 Å². The van der Waals surface area contributed by atoms with Crippen LogP contribution in [0, 0.1) is 26.2 Å². The molecule has 0 aliphatic heterocycles. The van der Waals surface area contributed by atoms with Crippen LogP contribution in [0.2, 0.25) is 0 Å². The van der Waals surface area contributed by atoms with Crippen LogP contribution in [0.25, 0.3) is 49.4 Å². The second kappa shape index (κ2) is 7.70. The number of fused-ring (bicyclic) bond motifs is 6. The summed E-state index contributed by atoms with van der Waals surface area (Å²) in [5.74, 6) is 0. The van der Waals surface area contributed by atoms with E-state index in [0.717, 1.165) is 43.8 Å². The number of aryl methyl sites for hydroxylation is 3. The number of alkyl halides is 3. The Kier molecular flexibility index (Phi) is 4.95. The number of aromatic nitrogens is 2. The molecule has 6 aromatic rings. The van der Waals surface area contributed by atoms with Gasteiger partial charge in [-0.15, -0.1) is 0 Å². The average molecular weight is 500 g/mol. The fourth-order valence-electron chi connectivity index (χ4n) is 5.91. The van der Waals surface area contributed by atoms with Gasteiger partial charge in [-0.3, -0.25) is 0 Å². The van der Waals surface area contributed by atoms with Crippen LogP contribution in [-0.4, -0.2) is 10.6 Å². The molecule has 0 bridgehead atoms. The Hall–Kier alpha value is -3.60. The molecule has 0 spiro atoms. The minimum atomic E-state index is -4.26. The molecule has 6 rings (SSSR count). The molecule has 0 unspecified atom stereocenters. The van der Waals surface area contributed by atoms with Crippen molar-refractivity contribution >= 4 is 38.1 Å². The van der Waals surface area contributed by atoms with Crippen molar-refractivity contribution in [2.75, 3.05) is 0 Å². The van der Waals surface area contributed by atoms with E-state index in [4.69, 9.17) is 0 Å². The molecule has 2 nitrogen and oxygen atoms in total. The van der Waals surface area contributed by atoms with Crippen molar-refractivity contribution in [1.29, 1.82) is 0 Å². The van der Waals surface area contributed by atoms with Gasteiger partial charge >= 0.3 is 6.18 Å². The number of hydrogen-bond acceptors (Lipinski definition) is 0. The third-order valence-electron chi connectivity index (χ3n) is 8.14. The number of nitrogens with zero attached hydrogens (tertiary/aromatic N) is 2. The van der Waals surface area contributed by atoms with Crippen LogP contribution in [0.15, 0.2) is 60.8 Å². The summed E-state index contributed by atoms with van der Waals surface area (Å²) in [6.07, 6.45) is -2.11. The Morgan fingerprint density at radius 1 is 0.811 bits per heavy atom. The summed E-state index contributed by atoms with van der Waals surface area (Å²) >= 11 is 0. The summed E-state index contributed by atoms with van der Waals surface area (Å²) in [5.41, 5.74) is 8.25. The van der Waals surface area contributed by atoms with Crippen molar-refractivity contribution in [3.63, 3.8) is 0 Å². The van der Waals surface area contributed by atoms with Crippen molar-refractivity contribution in [2.45, 2.75) is 47.2 Å². The molecule has 0 aliphatic rings. The van der Waals surface area contributed by atoms with Crippen molar-refractivity contribution in [2.24, 2.45) is 12.5 Å². The van der Waals surface area contributed by atoms with Gasteiger partial charge in [-0.2, -0.15) is 13.2 Å². The zero-order valence-corrected chi connectivity index (χ0v) is 22.0. The van der Waals surface area contributed by atoms with Crippen molar-refractivity contribution < 1.29 is 17.7 Å². The Morgan fingerprint density at radius 2 is 1.51 bits per heavy atom. The quantitative estimate of drug-likeness (QED) is 0.216. The van der Waals surface area contributed by atoms with Gasteiger partial charge in [-0.05, 0) is 62.1 Å². The van der Waals surface area contributed by atoms with Gasteiger partial charge in [0.05, 0.1) is 27.4 Å². The molecule has 37 heavy (non-hydrogen) atoms. The molecule has 3 aromatic carbocycles. The smallest absolute Gasteiger partial charge is 0.307 e. The summed E-state index contributed by atoms with van der Waals surface area (Å²) in [4.78, 5) is 0. The lowest BCUT2D eigenvalue weighted by Crippen LogP contribution is -2.34. The molecule has 3 heterocycles. The Labute approximate surface area is 214 Å². The molecule has 0 saturated heterocycles. The van der Waals surface area contributed by atoms with Gasteiger partial charge < -0.3 is 4.40 Å². The van der Waals surface area contributed by atoms with Crippen LogP contribution in [0.5, 0.6) is 0 Å². The molecule has 3 aromatic heterocycles. The first-order valence-electron chi connectivity index (χ1n) is 12.6. The molecule has 5 heteroatoms. The maximum atomic E-state index is 13.6. The molecule has 0 saturated carbocycles. The van der Waals surface area contributed by atoms with E-state index in [1.807, 2.05) is 24.3 Å². The number of rotatable bonds is 3. The van der Waals surface area contributed by atoms with Crippen molar-refractivity contribution in [1.82, 2.24) is 4.40 Å². The lowest BCUT2D eigenvalue weighted by Gasteiger charge is -2.27. The Balaban J connectivity index is 1.64. The fourth-order valence-corrected chi connectivity index (χ4v) is 5.91. The minimum Gasteiger partial charge on any atom is -0.307 e. The molecule has 0 amide bonds. The van der Waals surface area contributed by atoms with Gasteiger partial charge in [-0.25, -0.2) is 4.57 Å². The van der Waals surface area contributed by atoms with Crippen LogP contribution in [-0.2, 0) is 13.5 Å². The normalized spacial score (nSPS) is 13.1. The van der Waals surface area contributed by atoms with Gasteiger partial charge in [0.15, 0.2) is 6.20 Å². The first kappa shape index (κ1) is 23.8. The zero-order valence-electron chi connectivity index (χ0n) is 22.0. The van der Waals surface area contributed by atoms with E-state index >= 15 is 0 Å². The minimum absolute atomic E-state index is 0.0542.